The monoisotopic (exact) mass is 224 g/mol. The van der Waals surface area contributed by atoms with E-state index in [9.17, 15) is 0 Å². The normalized spacial score (nSPS) is 13.0. The Labute approximate surface area is 102 Å². The Kier molecular flexibility index (Phi) is 10.3. The molecular weight excluding hydrogens is 196 g/mol. The molecule has 0 saturated heterocycles. The predicted molar refractivity (Wildman–Crippen MR) is 72.5 cm³/mol. The molecule has 0 aliphatic carbocycles. The van der Waals surface area contributed by atoms with Crippen LogP contribution < -0.4 is 0 Å². The van der Waals surface area contributed by atoms with Gasteiger partial charge in [-0.25, -0.2) is 0 Å². The molecule has 0 N–H and O–H groups in total. The highest BCUT2D eigenvalue weighted by Gasteiger charge is 1.98. The molecular formula is C15H28O. The lowest BCUT2D eigenvalue weighted by atomic mass is 10.1. The molecule has 0 fully saturated rings. The van der Waals surface area contributed by atoms with Crippen LogP contribution in [0, 0.1) is 0 Å². The van der Waals surface area contributed by atoms with E-state index in [0.717, 1.165) is 31.6 Å². The van der Waals surface area contributed by atoms with E-state index in [-0.39, 0.29) is 0 Å². The summed E-state index contributed by atoms with van der Waals surface area (Å²) in [6, 6.07) is 0. The van der Waals surface area contributed by atoms with Gasteiger partial charge in [0.15, 0.2) is 0 Å². The Hall–Kier alpha value is -0.720. The van der Waals surface area contributed by atoms with Crippen LogP contribution in [0.2, 0.25) is 0 Å². The Morgan fingerprint density at radius 2 is 1.75 bits per heavy atom. The highest BCUT2D eigenvalue weighted by atomic mass is 16.5. The highest BCUT2D eigenvalue weighted by molar-refractivity contribution is 5.18. The molecule has 1 nitrogen and oxygen atoms in total. The van der Waals surface area contributed by atoms with Gasteiger partial charge in [-0.1, -0.05) is 45.3 Å². The second-order valence-corrected chi connectivity index (χ2v) is 4.27. The number of rotatable bonds is 9. The molecule has 0 amide bonds. The fourth-order valence-electron chi connectivity index (χ4n) is 1.52. The summed E-state index contributed by atoms with van der Waals surface area (Å²) in [7, 11) is 0. The van der Waals surface area contributed by atoms with Crippen molar-refractivity contribution in [2.45, 2.75) is 66.2 Å². The van der Waals surface area contributed by atoms with E-state index in [0.29, 0.717) is 0 Å². The largest absolute Gasteiger partial charge is 0.498 e. The molecule has 0 heterocycles. The van der Waals surface area contributed by atoms with Gasteiger partial charge in [-0.3, -0.25) is 0 Å². The van der Waals surface area contributed by atoms with Crippen molar-refractivity contribution < 1.29 is 4.74 Å². The van der Waals surface area contributed by atoms with Crippen molar-refractivity contribution in [2.75, 3.05) is 6.61 Å². The minimum atomic E-state index is 0.867. The van der Waals surface area contributed by atoms with Crippen LogP contribution in [0.1, 0.15) is 66.2 Å². The molecule has 0 rings (SSSR count). The van der Waals surface area contributed by atoms with Crippen molar-refractivity contribution in [3.05, 3.63) is 23.5 Å². The van der Waals surface area contributed by atoms with Crippen molar-refractivity contribution in [1.82, 2.24) is 0 Å². The molecule has 0 saturated carbocycles. The number of allylic oxidation sites excluding steroid dienone is 4. The number of unbranched alkanes of at least 4 members (excludes halogenated alkanes) is 2. The summed E-state index contributed by atoms with van der Waals surface area (Å²) in [6.07, 6.45) is 11.4. The maximum Gasteiger partial charge on any atom is 0.0962 e. The summed E-state index contributed by atoms with van der Waals surface area (Å²) in [5.41, 5.74) is 1.32. The van der Waals surface area contributed by atoms with E-state index in [1.807, 2.05) is 0 Å². The maximum atomic E-state index is 5.82. The second-order valence-electron chi connectivity index (χ2n) is 4.27. The van der Waals surface area contributed by atoms with Crippen molar-refractivity contribution in [3.8, 4) is 0 Å². The number of hydrogen-bond donors (Lipinski definition) is 0. The van der Waals surface area contributed by atoms with Crippen LogP contribution in [0.3, 0.4) is 0 Å². The van der Waals surface area contributed by atoms with E-state index in [2.05, 4.69) is 39.8 Å². The molecule has 1 heteroatoms. The van der Waals surface area contributed by atoms with Gasteiger partial charge in [0.25, 0.3) is 0 Å². The van der Waals surface area contributed by atoms with E-state index < -0.39 is 0 Å². The van der Waals surface area contributed by atoms with Gasteiger partial charge in [0.1, 0.15) is 0 Å². The van der Waals surface area contributed by atoms with Crippen LogP contribution in [0.4, 0.5) is 0 Å². The minimum Gasteiger partial charge on any atom is -0.498 e. The first-order valence-corrected chi connectivity index (χ1v) is 6.74. The number of ether oxygens (including phenoxy) is 1. The first-order valence-electron chi connectivity index (χ1n) is 6.74. The zero-order valence-electron chi connectivity index (χ0n) is 11.5. The molecule has 94 valence electrons. The summed E-state index contributed by atoms with van der Waals surface area (Å²) >= 11 is 0. The molecule has 0 aliphatic rings. The molecule has 0 spiro atoms. The first kappa shape index (κ1) is 15.3. The Bertz CT molecular complexity index is 213. The summed E-state index contributed by atoms with van der Waals surface area (Å²) in [5, 5.41) is 0. The SMILES string of the molecule is CC/C=C(C)/C=C(/CCCC)OCCCC. The topological polar surface area (TPSA) is 9.23 Å². The average molecular weight is 224 g/mol. The van der Waals surface area contributed by atoms with Gasteiger partial charge in [-0.05, 0) is 32.3 Å². The lowest BCUT2D eigenvalue weighted by Crippen LogP contribution is -1.96. The van der Waals surface area contributed by atoms with Crippen LogP contribution in [-0.2, 0) is 4.74 Å². The van der Waals surface area contributed by atoms with Gasteiger partial charge in [0.05, 0.1) is 12.4 Å². The first-order chi connectivity index (χ1) is 7.74. The third kappa shape index (κ3) is 8.58. The van der Waals surface area contributed by atoms with E-state index in [1.54, 1.807) is 0 Å². The van der Waals surface area contributed by atoms with E-state index >= 15 is 0 Å². The molecule has 16 heavy (non-hydrogen) atoms. The summed E-state index contributed by atoms with van der Waals surface area (Å²) in [6.45, 7) is 9.60. The summed E-state index contributed by atoms with van der Waals surface area (Å²) < 4.78 is 5.82. The average Bonchev–Trinajstić information content (AvgIpc) is 2.26. The lowest BCUT2D eigenvalue weighted by molar-refractivity contribution is 0.196. The van der Waals surface area contributed by atoms with Gasteiger partial charge in [0.2, 0.25) is 0 Å². The van der Waals surface area contributed by atoms with Crippen LogP contribution in [0.5, 0.6) is 0 Å². The quantitative estimate of drug-likeness (QED) is 0.296. The molecule has 0 aliphatic heterocycles. The number of hydrogen-bond acceptors (Lipinski definition) is 1. The van der Waals surface area contributed by atoms with Gasteiger partial charge in [-0.2, -0.15) is 0 Å². The molecule has 0 atom stereocenters. The van der Waals surface area contributed by atoms with E-state index in [4.69, 9.17) is 4.74 Å². The van der Waals surface area contributed by atoms with Gasteiger partial charge in [-0.15, -0.1) is 0 Å². The smallest absolute Gasteiger partial charge is 0.0962 e. The lowest BCUT2D eigenvalue weighted by Gasteiger charge is -2.10. The highest BCUT2D eigenvalue weighted by Crippen LogP contribution is 2.13. The molecule has 0 aromatic rings. The van der Waals surface area contributed by atoms with Crippen LogP contribution in [-0.4, -0.2) is 6.61 Å². The molecule has 0 aromatic heterocycles. The molecule has 0 unspecified atom stereocenters. The predicted octanol–water partition coefficient (Wildman–Crippen LogP) is 5.23. The Morgan fingerprint density at radius 3 is 2.31 bits per heavy atom. The standard InChI is InChI=1S/C15H28O/c1-5-8-11-15(16-12-9-6-2)13-14(4)10-7-3/h10,13H,5-9,11-12H2,1-4H3/b14-10+,15-13-. The minimum absolute atomic E-state index is 0.867. The fourth-order valence-corrected chi connectivity index (χ4v) is 1.52. The molecule has 0 aromatic carbocycles. The Morgan fingerprint density at radius 1 is 1.06 bits per heavy atom. The van der Waals surface area contributed by atoms with Crippen molar-refractivity contribution in [2.24, 2.45) is 0 Å². The van der Waals surface area contributed by atoms with Gasteiger partial charge >= 0.3 is 0 Å². The van der Waals surface area contributed by atoms with Gasteiger partial charge in [0, 0.05) is 6.42 Å². The summed E-state index contributed by atoms with van der Waals surface area (Å²) in [4.78, 5) is 0. The van der Waals surface area contributed by atoms with Crippen molar-refractivity contribution >= 4 is 0 Å². The van der Waals surface area contributed by atoms with Crippen LogP contribution in [0.15, 0.2) is 23.5 Å². The zero-order chi connectivity index (χ0) is 12.2. The molecule has 0 bridgehead atoms. The maximum absolute atomic E-state index is 5.82. The third-order valence-corrected chi connectivity index (χ3v) is 2.48. The zero-order valence-corrected chi connectivity index (χ0v) is 11.5. The van der Waals surface area contributed by atoms with Crippen LogP contribution >= 0.6 is 0 Å². The molecule has 0 radical (unpaired) electrons. The third-order valence-electron chi connectivity index (χ3n) is 2.48. The fraction of sp³-hybridized carbons (Fsp3) is 0.733. The van der Waals surface area contributed by atoms with Crippen LogP contribution in [0.25, 0.3) is 0 Å². The van der Waals surface area contributed by atoms with E-state index in [1.165, 1.54) is 24.8 Å². The summed E-state index contributed by atoms with van der Waals surface area (Å²) in [5.74, 6) is 1.16. The second kappa shape index (κ2) is 10.8. The Balaban J connectivity index is 4.22. The van der Waals surface area contributed by atoms with Crippen molar-refractivity contribution in [3.63, 3.8) is 0 Å². The van der Waals surface area contributed by atoms with Gasteiger partial charge < -0.3 is 4.74 Å². The van der Waals surface area contributed by atoms with Crippen molar-refractivity contribution in [1.29, 1.82) is 0 Å².